The van der Waals surface area contributed by atoms with Crippen LogP contribution in [-0.2, 0) is 16.6 Å². The van der Waals surface area contributed by atoms with Gasteiger partial charge in [0.05, 0.1) is 18.6 Å². The average molecular weight is 394 g/mol. The van der Waals surface area contributed by atoms with Crippen LogP contribution in [0.5, 0.6) is 5.75 Å². The highest BCUT2D eigenvalue weighted by Gasteiger charge is 2.17. The molecule has 0 aliphatic rings. The van der Waals surface area contributed by atoms with E-state index in [1.807, 2.05) is 0 Å². The zero-order chi connectivity index (χ0) is 18.7. The van der Waals surface area contributed by atoms with Crippen molar-refractivity contribution in [1.82, 2.24) is 14.9 Å². The van der Waals surface area contributed by atoms with Crippen LogP contribution in [0.25, 0.3) is 11.5 Å². The fourth-order valence-corrected chi connectivity index (χ4v) is 3.48. The van der Waals surface area contributed by atoms with Gasteiger partial charge in [0.15, 0.2) is 0 Å². The predicted octanol–water partition coefficient (Wildman–Crippen LogP) is 3.19. The van der Waals surface area contributed by atoms with E-state index in [2.05, 4.69) is 14.9 Å². The number of halogens is 1. The number of ether oxygens (including phenoxy) is 1. The van der Waals surface area contributed by atoms with Crippen LogP contribution < -0.4 is 9.46 Å². The van der Waals surface area contributed by atoms with E-state index in [1.165, 1.54) is 19.2 Å². The lowest BCUT2D eigenvalue weighted by Gasteiger charge is -2.08. The predicted molar refractivity (Wildman–Crippen MR) is 96.5 cm³/mol. The zero-order valence-electron chi connectivity index (χ0n) is 14.1. The Morgan fingerprint density at radius 2 is 1.88 bits per heavy atom. The van der Waals surface area contributed by atoms with Gasteiger partial charge in [-0.15, -0.1) is 10.2 Å². The van der Waals surface area contributed by atoms with Gasteiger partial charge in [-0.25, -0.2) is 13.1 Å². The van der Waals surface area contributed by atoms with Crippen molar-refractivity contribution in [1.29, 1.82) is 0 Å². The Hall–Kier alpha value is -2.42. The smallest absolute Gasteiger partial charge is 0.247 e. The molecule has 3 rings (SSSR count). The molecule has 0 bridgehead atoms. The first-order valence-electron chi connectivity index (χ1n) is 7.61. The lowest BCUT2D eigenvalue weighted by molar-refractivity contribution is 0.411. The number of hydrogen-bond acceptors (Lipinski definition) is 6. The number of methoxy groups -OCH3 is 1. The Kier molecular flexibility index (Phi) is 5.26. The number of benzene rings is 2. The van der Waals surface area contributed by atoms with Crippen molar-refractivity contribution in [2.24, 2.45) is 0 Å². The maximum absolute atomic E-state index is 12.4. The van der Waals surface area contributed by atoms with Crippen LogP contribution in [0, 0.1) is 6.92 Å². The number of nitrogens with one attached hydrogen (secondary N) is 1. The van der Waals surface area contributed by atoms with Crippen LogP contribution >= 0.6 is 11.6 Å². The molecule has 1 aromatic heterocycles. The molecule has 1 heterocycles. The Morgan fingerprint density at radius 3 is 2.54 bits per heavy atom. The number of rotatable bonds is 6. The number of aromatic nitrogens is 2. The fourth-order valence-electron chi connectivity index (χ4n) is 2.29. The molecular formula is C17H16ClN3O4S. The fraction of sp³-hybridized carbons (Fsp3) is 0.176. The summed E-state index contributed by atoms with van der Waals surface area (Å²) in [5.74, 6) is 1.06. The molecule has 136 valence electrons. The highest BCUT2D eigenvalue weighted by Crippen LogP contribution is 2.22. The second-order valence-electron chi connectivity index (χ2n) is 5.46. The first-order valence-corrected chi connectivity index (χ1v) is 9.48. The van der Waals surface area contributed by atoms with Gasteiger partial charge in [-0.3, -0.25) is 0 Å². The number of hydrogen-bond donors (Lipinski definition) is 1. The van der Waals surface area contributed by atoms with E-state index in [0.29, 0.717) is 16.3 Å². The molecule has 9 heteroatoms. The molecule has 0 aliphatic carbocycles. The maximum atomic E-state index is 12.4. The first kappa shape index (κ1) is 18.4. The zero-order valence-corrected chi connectivity index (χ0v) is 15.6. The first-order chi connectivity index (χ1) is 12.4. The highest BCUT2D eigenvalue weighted by atomic mass is 35.5. The summed E-state index contributed by atoms with van der Waals surface area (Å²) in [6.07, 6.45) is 0. The van der Waals surface area contributed by atoms with Crippen molar-refractivity contribution < 1.29 is 17.6 Å². The number of nitrogens with zero attached hydrogens (tertiary/aromatic N) is 2. The van der Waals surface area contributed by atoms with Crippen LogP contribution in [0.4, 0.5) is 0 Å². The normalized spacial score (nSPS) is 11.5. The number of sulfonamides is 1. The van der Waals surface area contributed by atoms with Crippen LogP contribution in [0.15, 0.2) is 51.8 Å². The molecule has 0 saturated carbocycles. The van der Waals surface area contributed by atoms with Crippen molar-refractivity contribution in [3.63, 3.8) is 0 Å². The summed E-state index contributed by atoms with van der Waals surface area (Å²) in [4.78, 5) is 0.133. The van der Waals surface area contributed by atoms with Crippen molar-refractivity contribution in [3.8, 4) is 17.2 Å². The van der Waals surface area contributed by atoms with E-state index in [-0.39, 0.29) is 23.2 Å². The summed E-state index contributed by atoms with van der Waals surface area (Å²) in [5.41, 5.74) is 1.42. The second kappa shape index (κ2) is 7.45. The van der Waals surface area contributed by atoms with E-state index >= 15 is 0 Å². The molecule has 3 aromatic rings. The molecular weight excluding hydrogens is 378 g/mol. The molecule has 1 N–H and O–H groups in total. The minimum absolute atomic E-state index is 0.117. The maximum Gasteiger partial charge on any atom is 0.247 e. The SMILES string of the molecule is COc1ccc(S(=O)(=O)NCc2nnc(-c3ccc(Cl)cc3)o2)cc1C. The molecule has 0 amide bonds. The van der Waals surface area contributed by atoms with Crippen LogP contribution in [0.1, 0.15) is 11.5 Å². The van der Waals surface area contributed by atoms with Crippen LogP contribution in [-0.4, -0.2) is 25.7 Å². The minimum atomic E-state index is -3.72. The van der Waals surface area contributed by atoms with Gasteiger partial charge in [0, 0.05) is 10.6 Å². The third-order valence-corrected chi connectivity index (χ3v) is 5.30. The van der Waals surface area contributed by atoms with Gasteiger partial charge >= 0.3 is 0 Å². The monoisotopic (exact) mass is 393 g/mol. The average Bonchev–Trinajstić information content (AvgIpc) is 3.10. The van der Waals surface area contributed by atoms with Crippen molar-refractivity contribution >= 4 is 21.6 Å². The lowest BCUT2D eigenvalue weighted by atomic mass is 10.2. The Bertz CT molecular complexity index is 1020. The van der Waals surface area contributed by atoms with E-state index in [1.54, 1.807) is 37.3 Å². The third kappa shape index (κ3) is 4.04. The molecule has 0 spiro atoms. The van der Waals surface area contributed by atoms with Crippen molar-refractivity contribution in [2.45, 2.75) is 18.4 Å². The lowest BCUT2D eigenvalue weighted by Crippen LogP contribution is -2.23. The highest BCUT2D eigenvalue weighted by molar-refractivity contribution is 7.89. The Labute approximate surface area is 156 Å². The summed E-state index contributed by atoms with van der Waals surface area (Å²) >= 11 is 5.84. The molecule has 7 nitrogen and oxygen atoms in total. The van der Waals surface area contributed by atoms with Gasteiger partial charge in [0.1, 0.15) is 5.75 Å². The van der Waals surface area contributed by atoms with Crippen molar-refractivity contribution in [3.05, 3.63) is 58.9 Å². The van der Waals surface area contributed by atoms with E-state index in [4.69, 9.17) is 20.8 Å². The van der Waals surface area contributed by atoms with Gasteiger partial charge < -0.3 is 9.15 Å². The summed E-state index contributed by atoms with van der Waals surface area (Å²) in [7, 11) is -2.19. The number of aryl methyl sites for hydroxylation is 1. The molecule has 0 fully saturated rings. The van der Waals surface area contributed by atoms with E-state index in [0.717, 1.165) is 5.56 Å². The summed E-state index contributed by atoms with van der Waals surface area (Å²) in [6, 6.07) is 11.5. The Morgan fingerprint density at radius 1 is 1.15 bits per heavy atom. The topological polar surface area (TPSA) is 94.3 Å². The van der Waals surface area contributed by atoms with Gasteiger partial charge in [0.25, 0.3) is 0 Å². The quantitative estimate of drug-likeness (QED) is 0.691. The second-order valence-corrected chi connectivity index (χ2v) is 7.67. The van der Waals surface area contributed by atoms with Gasteiger partial charge in [0.2, 0.25) is 21.8 Å². The standard InChI is InChI=1S/C17H16ClN3O4S/c1-11-9-14(7-8-15(11)24-2)26(22,23)19-10-16-20-21-17(25-16)12-3-5-13(18)6-4-12/h3-9,19H,10H2,1-2H3. The van der Waals surface area contributed by atoms with Crippen molar-refractivity contribution in [2.75, 3.05) is 7.11 Å². The molecule has 0 unspecified atom stereocenters. The molecule has 0 radical (unpaired) electrons. The van der Waals surface area contributed by atoms with E-state index in [9.17, 15) is 8.42 Å². The van der Waals surface area contributed by atoms with Crippen LogP contribution in [0.2, 0.25) is 5.02 Å². The summed E-state index contributed by atoms with van der Waals surface area (Å²) in [5, 5.41) is 8.37. The summed E-state index contributed by atoms with van der Waals surface area (Å²) < 4.78 is 37.9. The largest absolute Gasteiger partial charge is 0.496 e. The Balaban J connectivity index is 1.72. The molecule has 2 aromatic carbocycles. The third-order valence-electron chi connectivity index (χ3n) is 3.65. The van der Waals surface area contributed by atoms with Crippen LogP contribution in [0.3, 0.4) is 0 Å². The minimum Gasteiger partial charge on any atom is -0.496 e. The van der Waals surface area contributed by atoms with Gasteiger partial charge in [-0.2, -0.15) is 0 Å². The molecule has 0 aliphatic heterocycles. The molecule has 0 atom stereocenters. The van der Waals surface area contributed by atoms with E-state index < -0.39 is 10.0 Å². The molecule has 26 heavy (non-hydrogen) atoms. The van der Waals surface area contributed by atoms with Gasteiger partial charge in [-0.1, -0.05) is 11.6 Å². The summed E-state index contributed by atoms with van der Waals surface area (Å²) in [6.45, 7) is 1.66. The molecule has 0 saturated heterocycles. The van der Waals surface area contributed by atoms with Gasteiger partial charge in [-0.05, 0) is 55.0 Å².